The molecule has 0 aromatic heterocycles. The quantitative estimate of drug-likeness (QED) is 0.198. The van der Waals surface area contributed by atoms with Crippen LogP contribution in [0.25, 0.3) is 0 Å². The first-order valence-electron chi connectivity index (χ1n) is 9.93. The maximum atomic E-state index is 10.6. The van der Waals surface area contributed by atoms with Gasteiger partial charge in [0.2, 0.25) is 0 Å². The molecule has 7 unspecified atom stereocenters. The minimum absolute atomic E-state index is 0.0359. The summed E-state index contributed by atoms with van der Waals surface area (Å²) >= 11 is 0. The van der Waals surface area contributed by atoms with Crippen molar-refractivity contribution >= 4 is 0 Å². The number of rotatable bonds is 7. The van der Waals surface area contributed by atoms with Gasteiger partial charge in [0, 0.05) is 18.1 Å². The van der Waals surface area contributed by atoms with E-state index in [0.29, 0.717) is 5.56 Å². The Morgan fingerprint density at radius 2 is 1.52 bits per heavy atom. The predicted octanol–water partition coefficient (Wildman–Crippen LogP) is -1.98. The van der Waals surface area contributed by atoms with Crippen molar-refractivity contribution in [2.24, 2.45) is 0 Å². The number of phenols is 4. The lowest BCUT2D eigenvalue weighted by Gasteiger charge is -2.33. The van der Waals surface area contributed by atoms with Crippen molar-refractivity contribution in [1.29, 1.82) is 0 Å². The minimum atomic E-state index is -2.20. The summed E-state index contributed by atoms with van der Waals surface area (Å²) in [6.45, 7) is -0.939. The molecule has 2 aromatic carbocycles. The van der Waals surface area contributed by atoms with Crippen LogP contribution in [0.4, 0.5) is 0 Å². The molecule has 0 saturated heterocycles. The van der Waals surface area contributed by atoms with Gasteiger partial charge in [-0.25, -0.2) is 0 Å². The molecule has 1 aliphatic heterocycles. The summed E-state index contributed by atoms with van der Waals surface area (Å²) in [6.07, 6.45) is -12.9. The maximum Gasteiger partial charge on any atom is 0.157 e. The van der Waals surface area contributed by atoms with Gasteiger partial charge in [0.15, 0.2) is 11.5 Å². The lowest BCUT2D eigenvalue weighted by molar-refractivity contribution is -0.141. The van der Waals surface area contributed by atoms with Crippen LogP contribution in [0.5, 0.6) is 28.7 Å². The topological polar surface area (TPSA) is 232 Å². The van der Waals surface area contributed by atoms with Crippen molar-refractivity contribution in [3.63, 3.8) is 0 Å². The van der Waals surface area contributed by atoms with Gasteiger partial charge in [-0.3, -0.25) is 0 Å². The van der Waals surface area contributed by atoms with Crippen molar-refractivity contribution in [2.45, 2.75) is 49.1 Å². The summed E-state index contributed by atoms with van der Waals surface area (Å²) in [5.41, 5.74) is -0.365. The molecule has 0 bridgehead atoms. The molecule has 33 heavy (non-hydrogen) atoms. The van der Waals surface area contributed by atoms with E-state index >= 15 is 0 Å². The summed E-state index contributed by atoms with van der Waals surface area (Å²) in [5, 5.41) is 109. The van der Waals surface area contributed by atoms with Gasteiger partial charge in [-0.1, -0.05) is 6.07 Å². The highest BCUT2D eigenvalue weighted by Crippen LogP contribution is 2.47. The molecule has 12 heteroatoms. The Balaban J connectivity index is 1.92. The lowest BCUT2D eigenvalue weighted by atomic mass is 9.89. The minimum Gasteiger partial charge on any atom is -0.507 e. The van der Waals surface area contributed by atoms with E-state index in [1.54, 1.807) is 0 Å². The van der Waals surface area contributed by atoms with E-state index in [-0.39, 0.29) is 23.5 Å². The number of phenolic OH excluding ortho intramolecular Hbond substituents is 4. The van der Waals surface area contributed by atoms with E-state index in [1.807, 2.05) is 0 Å². The molecular formula is C21H26O12. The van der Waals surface area contributed by atoms with Gasteiger partial charge in [0.1, 0.15) is 53.9 Å². The van der Waals surface area contributed by atoms with Gasteiger partial charge in [0.25, 0.3) is 0 Å². The molecule has 1 aliphatic rings. The number of hydrogen-bond acceptors (Lipinski definition) is 12. The fraction of sp³-hybridized carbons (Fsp3) is 0.429. The summed E-state index contributed by atoms with van der Waals surface area (Å²) < 4.78 is 5.66. The molecule has 0 radical (unpaired) electrons. The number of aromatic hydroxyl groups is 4. The van der Waals surface area contributed by atoms with Gasteiger partial charge in [-0.15, -0.1) is 0 Å². The van der Waals surface area contributed by atoms with Crippen LogP contribution in [0.2, 0.25) is 0 Å². The number of aliphatic hydroxyl groups excluding tert-OH is 7. The normalized spacial score (nSPS) is 22.5. The Morgan fingerprint density at radius 1 is 0.848 bits per heavy atom. The van der Waals surface area contributed by atoms with Crippen LogP contribution in [0.1, 0.15) is 28.9 Å². The van der Waals surface area contributed by atoms with Crippen LogP contribution in [-0.2, 0) is 6.42 Å². The highest BCUT2D eigenvalue weighted by Gasteiger charge is 2.39. The standard InChI is InChI=1S/C21H26O12/c22-6-13(27)17(29)19(31)20(32)18(30)15-11(25)5-14-8(16(15)28)4-12(26)21(33-14)7-1-2-9(23)10(24)3-7/h1-3,5,12-13,17-32H,4,6H2. The van der Waals surface area contributed by atoms with E-state index in [4.69, 9.17) is 9.84 Å². The lowest BCUT2D eigenvalue weighted by Crippen LogP contribution is -2.47. The average molecular weight is 470 g/mol. The zero-order chi connectivity index (χ0) is 24.6. The molecule has 11 N–H and O–H groups in total. The predicted molar refractivity (Wildman–Crippen MR) is 109 cm³/mol. The third-order valence-corrected chi connectivity index (χ3v) is 5.63. The fourth-order valence-electron chi connectivity index (χ4n) is 3.72. The third-order valence-electron chi connectivity index (χ3n) is 5.63. The molecule has 12 nitrogen and oxygen atoms in total. The third kappa shape index (κ3) is 4.63. The first kappa shape index (κ1) is 24.8. The summed E-state index contributed by atoms with van der Waals surface area (Å²) in [6, 6.07) is 4.77. The Hall–Kier alpha value is -2.84. The Labute approximate surface area is 187 Å². The van der Waals surface area contributed by atoms with E-state index in [2.05, 4.69) is 0 Å². The molecule has 182 valence electrons. The first-order valence-corrected chi connectivity index (χ1v) is 9.93. The highest BCUT2D eigenvalue weighted by molar-refractivity contribution is 5.58. The number of aliphatic hydroxyl groups is 7. The number of fused-ring (bicyclic) bond motifs is 1. The monoisotopic (exact) mass is 470 g/mol. The SMILES string of the molecule is OCC(O)C(O)C(O)C(O)C(O)c1c(O)cc2c(c1O)CC(O)C(c1ccc(O)c(O)c1)O2. The molecule has 3 rings (SSSR count). The van der Waals surface area contributed by atoms with E-state index in [9.17, 15) is 51.1 Å². The van der Waals surface area contributed by atoms with Crippen LogP contribution in [-0.4, -0.2) is 93.3 Å². The van der Waals surface area contributed by atoms with Crippen LogP contribution >= 0.6 is 0 Å². The Kier molecular flexibility index (Phi) is 7.19. The zero-order valence-electron chi connectivity index (χ0n) is 17.1. The van der Waals surface area contributed by atoms with E-state index in [1.165, 1.54) is 18.2 Å². The summed E-state index contributed by atoms with van der Waals surface area (Å²) in [7, 11) is 0. The fourth-order valence-corrected chi connectivity index (χ4v) is 3.72. The van der Waals surface area contributed by atoms with Crippen molar-refractivity contribution in [3.8, 4) is 28.7 Å². The van der Waals surface area contributed by atoms with E-state index in [0.717, 1.165) is 6.07 Å². The second-order valence-electron chi connectivity index (χ2n) is 7.86. The largest absolute Gasteiger partial charge is 0.507 e. The van der Waals surface area contributed by atoms with Gasteiger partial charge in [0.05, 0.1) is 18.3 Å². The molecule has 1 heterocycles. The molecular weight excluding hydrogens is 444 g/mol. The van der Waals surface area contributed by atoms with Gasteiger partial charge < -0.3 is 60.9 Å². The molecule has 7 atom stereocenters. The van der Waals surface area contributed by atoms with Crippen molar-refractivity contribution in [1.82, 2.24) is 0 Å². The van der Waals surface area contributed by atoms with Crippen molar-refractivity contribution in [2.75, 3.05) is 6.61 Å². The van der Waals surface area contributed by atoms with Crippen LogP contribution in [0.15, 0.2) is 24.3 Å². The second-order valence-corrected chi connectivity index (χ2v) is 7.86. The number of ether oxygens (including phenoxy) is 1. The van der Waals surface area contributed by atoms with Crippen LogP contribution in [0, 0.1) is 0 Å². The van der Waals surface area contributed by atoms with Gasteiger partial charge in [-0.05, 0) is 17.7 Å². The average Bonchev–Trinajstić information content (AvgIpc) is 2.79. The molecule has 0 aliphatic carbocycles. The number of benzene rings is 2. The van der Waals surface area contributed by atoms with Gasteiger partial charge in [-0.2, -0.15) is 0 Å². The first-order chi connectivity index (χ1) is 15.5. The maximum absolute atomic E-state index is 10.6. The molecule has 0 amide bonds. The summed E-state index contributed by atoms with van der Waals surface area (Å²) in [4.78, 5) is 0. The smallest absolute Gasteiger partial charge is 0.157 e. The summed E-state index contributed by atoms with van der Waals surface area (Å²) in [5.74, 6) is -2.39. The Morgan fingerprint density at radius 3 is 2.12 bits per heavy atom. The molecule has 0 fully saturated rings. The van der Waals surface area contributed by atoms with Crippen molar-refractivity contribution in [3.05, 3.63) is 41.0 Å². The number of hydrogen-bond donors (Lipinski definition) is 11. The van der Waals surface area contributed by atoms with Crippen LogP contribution in [0.3, 0.4) is 0 Å². The molecule has 2 aromatic rings. The van der Waals surface area contributed by atoms with E-state index < -0.39 is 72.1 Å². The Bertz CT molecular complexity index is 996. The van der Waals surface area contributed by atoms with Gasteiger partial charge >= 0.3 is 0 Å². The van der Waals surface area contributed by atoms with Crippen molar-refractivity contribution < 1.29 is 60.9 Å². The molecule has 0 saturated carbocycles. The highest BCUT2D eigenvalue weighted by atomic mass is 16.5. The second kappa shape index (κ2) is 9.57. The molecule has 0 spiro atoms. The van der Waals surface area contributed by atoms with Crippen LogP contribution < -0.4 is 4.74 Å². The zero-order valence-corrected chi connectivity index (χ0v) is 17.1.